The first-order valence-corrected chi connectivity index (χ1v) is 9.52. The van der Waals surface area contributed by atoms with E-state index in [9.17, 15) is 4.79 Å². The number of carbonyl (C=O) groups excluding carboxylic acids is 1. The molecule has 2 aromatic carbocycles. The smallest absolute Gasteiger partial charge is 0.178 e. The average molecular weight is 375 g/mol. The zero-order valence-corrected chi connectivity index (χ0v) is 15.3. The zero-order valence-electron chi connectivity index (χ0n) is 14.5. The summed E-state index contributed by atoms with van der Waals surface area (Å²) in [6, 6.07) is 21.0. The normalized spacial score (nSPS) is 10.8. The standard InChI is InChI=1S/C21H17N3O2S/c25-16(14-27-21-23-19-7-4-12-22-20(19)24-21)13-15-8-10-18(11-9-15)26-17-5-2-1-3-6-17/h1-12H,13-14H2,(H,22,23,24). The van der Waals surface area contributed by atoms with Crippen LogP contribution in [0.25, 0.3) is 11.2 Å². The molecule has 0 spiro atoms. The fourth-order valence-electron chi connectivity index (χ4n) is 2.62. The van der Waals surface area contributed by atoms with E-state index >= 15 is 0 Å². The summed E-state index contributed by atoms with van der Waals surface area (Å²) in [5, 5.41) is 0.712. The number of aromatic amines is 1. The summed E-state index contributed by atoms with van der Waals surface area (Å²) in [4.78, 5) is 24.0. The third-order valence-corrected chi connectivity index (χ3v) is 4.84. The van der Waals surface area contributed by atoms with Gasteiger partial charge in [-0.2, -0.15) is 0 Å². The van der Waals surface area contributed by atoms with Crippen molar-refractivity contribution in [2.45, 2.75) is 11.6 Å². The van der Waals surface area contributed by atoms with Gasteiger partial charge in [0.1, 0.15) is 17.3 Å². The van der Waals surface area contributed by atoms with Crippen molar-refractivity contribution in [1.29, 1.82) is 0 Å². The van der Waals surface area contributed by atoms with Gasteiger partial charge in [-0.3, -0.25) is 4.79 Å². The van der Waals surface area contributed by atoms with Gasteiger partial charge in [-0.25, -0.2) is 9.97 Å². The molecule has 0 unspecified atom stereocenters. The van der Waals surface area contributed by atoms with Crippen LogP contribution in [0.2, 0.25) is 0 Å². The SMILES string of the molecule is O=C(CSc1nc2ncccc2[nH]1)Cc1ccc(Oc2ccccc2)cc1. The van der Waals surface area contributed by atoms with E-state index in [0.717, 1.165) is 22.6 Å². The summed E-state index contributed by atoms with van der Waals surface area (Å²) in [5.41, 5.74) is 2.51. The van der Waals surface area contributed by atoms with Crippen molar-refractivity contribution in [2.24, 2.45) is 0 Å². The minimum Gasteiger partial charge on any atom is -0.457 e. The summed E-state index contributed by atoms with van der Waals surface area (Å²) in [5.74, 6) is 2.05. The van der Waals surface area contributed by atoms with Crippen molar-refractivity contribution in [3.63, 3.8) is 0 Å². The maximum absolute atomic E-state index is 12.3. The Balaban J connectivity index is 1.31. The first kappa shape index (κ1) is 17.3. The number of benzene rings is 2. The van der Waals surface area contributed by atoms with Crippen LogP contribution in [-0.4, -0.2) is 26.5 Å². The highest BCUT2D eigenvalue weighted by Gasteiger charge is 2.09. The quantitative estimate of drug-likeness (QED) is 0.476. The molecule has 0 saturated heterocycles. The highest BCUT2D eigenvalue weighted by Crippen LogP contribution is 2.22. The van der Waals surface area contributed by atoms with Crippen LogP contribution in [0.15, 0.2) is 78.1 Å². The lowest BCUT2D eigenvalue weighted by molar-refractivity contribution is -0.116. The number of nitrogens with one attached hydrogen (secondary N) is 1. The van der Waals surface area contributed by atoms with Gasteiger partial charge in [0.05, 0.1) is 11.3 Å². The van der Waals surface area contributed by atoms with E-state index in [1.165, 1.54) is 11.8 Å². The van der Waals surface area contributed by atoms with Gasteiger partial charge in [0, 0.05) is 12.6 Å². The van der Waals surface area contributed by atoms with Crippen LogP contribution in [0.5, 0.6) is 11.5 Å². The highest BCUT2D eigenvalue weighted by molar-refractivity contribution is 7.99. The fraction of sp³-hybridized carbons (Fsp3) is 0.0952. The summed E-state index contributed by atoms with van der Waals surface area (Å²) in [6.45, 7) is 0. The molecular formula is C21H17N3O2S. The lowest BCUT2D eigenvalue weighted by Crippen LogP contribution is -2.05. The molecule has 2 aromatic heterocycles. The predicted molar refractivity (Wildman–Crippen MR) is 106 cm³/mol. The molecule has 0 aliphatic carbocycles. The number of fused-ring (bicyclic) bond motifs is 1. The minimum absolute atomic E-state index is 0.144. The first-order valence-electron chi connectivity index (χ1n) is 8.53. The van der Waals surface area contributed by atoms with Crippen molar-refractivity contribution in [2.75, 3.05) is 5.75 Å². The van der Waals surface area contributed by atoms with E-state index in [0.29, 0.717) is 23.0 Å². The summed E-state index contributed by atoms with van der Waals surface area (Å²) < 4.78 is 5.77. The van der Waals surface area contributed by atoms with Crippen molar-refractivity contribution in [1.82, 2.24) is 15.0 Å². The second-order valence-electron chi connectivity index (χ2n) is 5.98. The molecule has 0 radical (unpaired) electrons. The number of ether oxygens (including phenoxy) is 1. The number of thioether (sulfide) groups is 1. The molecule has 0 atom stereocenters. The summed E-state index contributed by atoms with van der Waals surface area (Å²) >= 11 is 1.40. The second kappa shape index (κ2) is 8.05. The Kier molecular flexibility index (Phi) is 5.16. The van der Waals surface area contributed by atoms with Crippen LogP contribution < -0.4 is 4.74 Å². The number of pyridine rings is 1. The van der Waals surface area contributed by atoms with Gasteiger partial charge in [0.15, 0.2) is 10.8 Å². The van der Waals surface area contributed by atoms with E-state index in [2.05, 4.69) is 15.0 Å². The van der Waals surface area contributed by atoms with E-state index in [-0.39, 0.29) is 5.78 Å². The molecule has 134 valence electrons. The lowest BCUT2D eigenvalue weighted by Gasteiger charge is -2.06. The molecule has 0 bridgehead atoms. The van der Waals surface area contributed by atoms with Crippen molar-refractivity contribution in [3.8, 4) is 11.5 Å². The third-order valence-electron chi connectivity index (χ3n) is 3.91. The number of H-pyrrole nitrogens is 1. The molecule has 0 aliphatic heterocycles. The van der Waals surface area contributed by atoms with Crippen LogP contribution in [-0.2, 0) is 11.2 Å². The molecule has 0 amide bonds. The minimum atomic E-state index is 0.144. The molecule has 4 rings (SSSR count). The number of carbonyl (C=O) groups is 1. The van der Waals surface area contributed by atoms with Gasteiger partial charge in [-0.15, -0.1) is 0 Å². The Morgan fingerprint density at radius 3 is 2.52 bits per heavy atom. The molecule has 0 aliphatic rings. The van der Waals surface area contributed by atoms with Gasteiger partial charge in [0.25, 0.3) is 0 Å². The molecule has 0 fully saturated rings. The van der Waals surface area contributed by atoms with Crippen LogP contribution in [0.1, 0.15) is 5.56 Å². The summed E-state index contributed by atoms with van der Waals surface area (Å²) in [6.07, 6.45) is 2.09. The molecule has 0 saturated carbocycles. The van der Waals surface area contributed by atoms with E-state index in [1.807, 2.05) is 66.7 Å². The Bertz CT molecular complexity index is 1010. The number of Topliss-reactive ketones (excluding diaryl/α,β-unsaturated/α-hetero) is 1. The number of ketones is 1. The van der Waals surface area contributed by atoms with Crippen LogP contribution in [0.4, 0.5) is 0 Å². The number of hydrogen-bond donors (Lipinski definition) is 1. The van der Waals surface area contributed by atoms with E-state index in [1.54, 1.807) is 6.20 Å². The molecule has 1 N–H and O–H groups in total. The molecule has 2 heterocycles. The predicted octanol–water partition coefficient (Wildman–Crippen LogP) is 4.65. The lowest BCUT2D eigenvalue weighted by atomic mass is 10.1. The highest BCUT2D eigenvalue weighted by atomic mass is 32.2. The topological polar surface area (TPSA) is 67.9 Å². The third kappa shape index (κ3) is 4.54. The van der Waals surface area contributed by atoms with Gasteiger partial charge in [-0.05, 0) is 42.0 Å². The maximum atomic E-state index is 12.3. The van der Waals surface area contributed by atoms with Gasteiger partial charge in [0.2, 0.25) is 0 Å². The molecule has 4 aromatic rings. The largest absolute Gasteiger partial charge is 0.457 e. The van der Waals surface area contributed by atoms with Crippen molar-refractivity contribution in [3.05, 3.63) is 78.5 Å². The second-order valence-corrected chi connectivity index (χ2v) is 6.94. The number of aromatic nitrogens is 3. The van der Waals surface area contributed by atoms with Crippen molar-refractivity contribution < 1.29 is 9.53 Å². The van der Waals surface area contributed by atoms with Crippen LogP contribution in [0.3, 0.4) is 0 Å². The van der Waals surface area contributed by atoms with Crippen molar-refractivity contribution >= 4 is 28.7 Å². The van der Waals surface area contributed by atoms with Gasteiger partial charge >= 0.3 is 0 Å². The Morgan fingerprint density at radius 1 is 0.963 bits per heavy atom. The van der Waals surface area contributed by atoms with E-state index in [4.69, 9.17) is 4.74 Å². The number of para-hydroxylation sites is 1. The van der Waals surface area contributed by atoms with Crippen LogP contribution >= 0.6 is 11.8 Å². The Hall–Kier alpha value is -3.12. The maximum Gasteiger partial charge on any atom is 0.178 e. The molecule has 6 heteroatoms. The van der Waals surface area contributed by atoms with Gasteiger partial charge in [-0.1, -0.05) is 42.1 Å². The number of hydrogen-bond acceptors (Lipinski definition) is 5. The van der Waals surface area contributed by atoms with Crippen LogP contribution in [0, 0.1) is 0 Å². The Morgan fingerprint density at radius 2 is 1.74 bits per heavy atom. The number of rotatable bonds is 7. The van der Waals surface area contributed by atoms with E-state index < -0.39 is 0 Å². The van der Waals surface area contributed by atoms with Gasteiger partial charge < -0.3 is 9.72 Å². The number of imidazole rings is 1. The molecule has 27 heavy (non-hydrogen) atoms. The fourth-order valence-corrected chi connectivity index (χ4v) is 3.35. The Labute approximate surface area is 160 Å². The first-order chi connectivity index (χ1) is 13.3. The monoisotopic (exact) mass is 375 g/mol. The number of nitrogens with zero attached hydrogens (tertiary/aromatic N) is 2. The summed E-state index contributed by atoms with van der Waals surface area (Å²) in [7, 11) is 0. The molecule has 5 nitrogen and oxygen atoms in total. The zero-order chi connectivity index (χ0) is 18.5. The molecular weight excluding hydrogens is 358 g/mol. The average Bonchev–Trinajstić information content (AvgIpc) is 3.12.